The zero-order chi connectivity index (χ0) is 20.5. The highest BCUT2D eigenvalue weighted by atomic mass is 16.2. The molecule has 0 radical (unpaired) electrons. The van der Waals surface area contributed by atoms with Crippen LogP contribution in [0.2, 0.25) is 0 Å². The molecule has 2 N–H and O–H groups in total. The number of carbonyl (C=O) groups excluding carboxylic acids is 2. The van der Waals surface area contributed by atoms with E-state index in [-0.39, 0.29) is 17.7 Å². The number of aryl methyl sites for hydroxylation is 2. The molecule has 0 unspecified atom stereocenters. The molecule has 29 heavy (non-hydrogen) atoms. The summed E-state index contributed by atoms with van der Waals surface area (Å²) in [5, 5.41) is 6.97. The number of benzene rings is 1. The van der Waals surface area contributed by atoms with Gasteiger partial charge in [0, 0.05) is 47.9 Å². The number of piperazine rings is 1. The Morgan fingerprint density at radius 3 is 2.69 bits per heavy atom. The normalized spacial score (nSPS) is 20.4. The van der Waals surface area contributed by atoms with Gasteiger partial charge in [-0.3, -0.25) is 14.6 Å². The highest BCUT2D eigenvalue weighted by molar-refractivity contribution is 5.98. The van der Waals surface area contributed by atoms with Crippen LogP contribution in [0.15, 0.2) is 48.8 Å². The lowest BCUT2D eigenvalue weighted by molar-refractivity contribution is -0.137. The molecule has 0 saturated carbocycles. The van der Waals surface area contributed by atoms with Crippen molar-refractivity contribution in [2.24, 2.45) is 0 Å². The molecular weight excluding hydrogens is 364 g/mol. The van der Waals surface area contributed by atoms with Gasteiger partial charge in [0.15, 0.2) is 0 Å². The van der Waals surface area contributed by atoms with Gasteiger partial charge in [-0.15, -0.1) is 0 Å². The first-order valence-electron chi connectivity index (χ1n) is 10.1. The van der Waals surface area contributed by atoms with Gasteiger partial charge in [-0.05, 0) is 43.2 Å². The molecule has 1 fully saturated rings. The van der Waals surface area contributed by atoms with Gasteiger partial charge in [-0.1, -0.05) is 25.1 Å². The maximum atomic E-state index is 12.9. The van der Waals surface area contributed by atoms with Gasteiger partial charge < -0.3 is 15.2 Å². The SMILES string of the molecule is CCn1cc([C@@H](C)[C@H]2NC(=O)[C@@H](Cc3ccccn3)NC2=O)c2ccc(C)cc21. The maximum absolute atomic E-state index is 12.9. The van der Waals surface area contributed by atoms with Crippen molar-refractivity contribution in [1.29, 1.82) is 0 Å². The van der Waals surface area contributed by atoms with E-state index >= 15 is 0 Å². The standard InChI is InChI=1S/C23H26N4O2/c1-4-27-13-18(17-9-8-14(2)11-20(17)27)15(3)21-23(29)25-19(22(28)26-21)12-16-7-5-6-10-24-16/h5-11,13,15,19,21H,4,12H2,1-3H3,(H,25,29)(H,26,28)/t15-,19-,21-/m1/s1. The van der Waals surface area contributed by atoms with E-state index in [0.29, 0.717) is 6.42 Å². The molecule has 6 heteroatoms. The number of nitrogens with zero attached hydrogens (tertiary/aromatic N) is 2. The van der Waals surface area contributed by atoms with Crippen LogP contribution in [0.5, 0.6) is 0 Å². The van der Waals surface area contributed by atoms with E-state index in [2.05, 4.69) is 58.4 Å². The fraction of sp³-hybridized carbons (Fsp3) is 0.348. The van der Waals surface area contributed by atoms with Crippen LogP contribution in [-0.4, -0.2) is 33.4 Å². The van der Waals surface area contributed by atoms with Crippen molar-refractivity contribution in [3.63, 3.8) is 0 Å². The summed E-state index contributed by atoms with van der Waals surface area (Å²) in [6, 6.07) is 10.7. The molecule has 150 valence electrons. The summed E-state index contributed by atoms with van der Waals surface area (Å²) in [6.07, 6.45) is 4.18. The van der Waals surface area contributed by atoms with Crippen molar-refractivity contribution in [3.05, 3.63) is 65.6 Å². The van der Waals surface area contributed by atoms with E-state index in [0.717, 1.165) is 28.7 Å². The number of nitrogens with one attached hydrogen (secondary N) is 2. The molecule has 3 heterocycles. The van der Waals surface area contributed by atoms with E-state index in [1.807, 2.05) is 25.1 Å². The number of fused-ring (bicyclic) bond motifs is 1. The first-order chi connectivity index (χ1) is 14.0. The van der Waals surface area contributed by atoms with Crippen molar-refractivity contribution in [2.75, 3.05) is 0 Å². The molecule has 0 bridgehead atoms. The van der Waals surface area contributed by atoms with E-state index < -0.39 is 12.1 Å². The highest BCUT2D eigenvalue weighted by Gasteiger charge is 2.38. The van der Waals surface area contributed by atoms with Crippen molar-refractivity contribution in [3.8, 4) is 0 Å². The molecule has 3 aromatic rings. The average Bonchev–Trinajstić information content (AvgIpc) is 3.08. The molecule has 0 aliphatic carbocycles. The Morgan fingerprint density at radius 2 is 1.97 bits per heavy atom. The Kier molecular flexibility index (Phi) is 5.09. The summed E-state index contributed by atoms with van der Waals surface area (Å²) >= 11 is 0. The first kappa shape index (κ1) is 19.2. The molecule has 2 aromatic heterocycles. The monoisotopic (exact) mass is 390 g/mol. The predicted octanol–water partition coefficient (Wildman–Crippen LogP) is 2.69. The summed E-state index contributed by atoms with van der Waals surface area (Å²) in [6.45, 7) is 7.03. The summed E-state index contributed by atoms with van der Waals surface area (Å²) in [4.78, 5) is 29.8. The average molecular weight is 390 g/mol. The van der Waals surface area contributed by atoms with Crippen molar-refractivity contribution in [1.82, 2.24) is 20.2 Å². The summed E-state index contributed by atoms with van der Waals surface area (Å²) in [7, 11) is 0. The van der Waals surface area contributed by atoms with Crippen LogP contribution in [-0.2, 0) is 22.6 Å². The molecule has 2 amide bonds. The number of hydrogen-bond donors (Lipinski definition) is 2. The zero-order valence-electron chi connectivity index (χ0n) is 17.0. The predicted molar refractivity (Wildman–Crippen MR) is 113 cm³/mol. The largest absolute Gasteiger partial charge is 0.347 e. The molecule has 4 rings (SSSR count). The molecule has 1 saturated heterocycles. The van der Waals surface area contributed by atoms with E-state index in [1.165, 1.54) is 5.56 Å². The topological polar surface area (TPSA) is 76.0 Å². The number of carbonyl (C=O) groups is 2. The molecule has 0 spiro atoms. The molecule has 1 aromatic carbocycles. The third-order valence-electron chi connectivity index (χ3n) is 5.75. The lowest BCUT2D eigenvalue weighted by atomic mass is 9.90. The fourth-order valence-corrected chi connectivity index (χ4v) is 4.10. The second-order valence-electron chi connectivity index (χ2n) is 7.75. The van der Waals surface area contributed by atoms with Crippen LogP contribution >= 0.6 is 0 Å². The number of pyridine rings is 1. The Hall–Kier alpha value is -3.15. The van der Waals surface area contributed by atoms with Crippen LogP contribution in [0.3, 0.4) is 0 Å². The first-order valence-corrected chi connectivity index (χ1v) is 10.1. The van der Waals surface area contributed by atoms with Crippen LogP contribution in [0.4, 0.5) is 0 Å². The third-order valence-corrected chi connectivity index (χ3v) is 5.75. The Bertz CT molecular complexity index is 1060. The second-order valence-corrected chi connectivity index (χ2v) is 7.75. The summed E-state index contributed by atoms with van der Waals surface area (Å²) in [5.41, 5.74) is 4.21. The van der Waals surface area contributed by atoms with Crippen molar-refractivity contribution >= 4 is 22.7 Å². The van der Waals surface area contributed by atoms with Crippen molar-refractivity contribution in [2.45, 2.75) is 51.7 Å². The van der Waals surface area contributed by atoms with Gasteiger partial charge in [0.25, 0.3) is 0 Å². The Morgan fingerprint density at radius 1 is 1.14 bits per heavy atom. The smallest absolute Gasteiger partial charge is 0.243 e. The minimum Gasteiger partial charge on any atom is -0.347 e. The molecule has 1 aliphatic heterocycles. The lowest BCUT2D eigenvalue weighted by Gasteiger charge is -2.32. The van der Waals surface area contributed by atoms with E-state index in [4.69, 9.17) is 0 Å². The minimum absolute atomic E-state index is 0.146. The summed E-state index contributed by atoms with van der Waals surface area (Å²) < 4.78 is 2.20. The molecule has 6 nitrogen and oxygen atoms in total. The number of amides is 2. The van der Waals surface area contributed by atoms with E-state index in [1.54, 1.807) is 6.20 Å². The number of aromatic nitrogens is 2. The molecule has 1 aliphatic rings. The molecular formula is C23H26N4O2. The van der Waals surface area contributed by atoms with Gasteiger partial charge in [-0.2, -0.15) is 0 Å². The van der Waals surface area contributed by atoms with Gasteiger partial charge in [-0.25, -0.2) is 0 Å². The number of hydrogen-bond acceptors (Lipinski definition) is 3. The number of rotatable bonds is 5. The highest BCUT2D eigenvalue weighted by Crippen LogP contribution is 2.31. The maximum Gasteiger partial charge on any atom is 0.243 e. The van der Waals surface area contributed by atoms with Crippen LogP contribution in [0.25, 0.3) is 10.9 Å². The second kappa shape index (κ2) is 7.70. The van der Waals surface area contributed by atoms with Gasteiger partial charge in [0.1, 0.15) is 12.1 Å². The van der Waals surface area contributed by atoms with Crippen LogP contribution in [0.1, 0.15) is 36.6 Å². The van der Waals surface area contributed by atoms with Crippen LogP contribution < -0.4 is 10.6 Å². The Balaban J connectivity index is 1.57. The fourth-order valence-electron chi connectivity index (χ4n) is 4.10. The lowest BCUT2D eigenvalue weighted by Crippen LogP contribution is -2.63. The zero-order valence-corrected chi connectivity index (χ0v) is 17.0. The Labute approximate surface area is 170 Å². The minimum atomic E-state index is -0.598. The summed E-state index contributed by atoms with van der Waals surface area (Å²) in [5.74, 6) is -0.461. The van der Waals surface area contributed by atoms with Crippen LogP contribution in [0, 0.1) is 6.92 Å². The molecule has 3 atom stereocenters. The van der Waals surface area contributed by atoms with Gasteiger partial charge >= 0.3 is 0 Å². The third kappa shape index (κ3) is 3.62. The van der Waals surface area contributed by atoms with Gasteiger partial charge in [0.05, 0.1) is 0 Å². The van der Waals surface area contributed by atoms with E-state index in [9.17, 15) is 9.59 Å². The van der Waals surface area contributed by atoms with Crippen molar-refractivity contribution < 1.29 is 9.59 Å². The van der Waals surface area contributed by atoms with Gasteiger partial charge in [0.2, 0.25) is 11.8 Å². The quantitative estimate of drug-likeness (QED) is 0.703.